The lowest BCUT2D eigenvalue weighted by Crippen LogP contribution is -2.62. The number of benzene rings is 1. The van der Waals surface area contributed by atoms with Crippen molar-refractivity contribution in [2.45, 2.75) is 64.2 Å². The number of piperidine rings is 1. The smallest absolute Gasteiger partial charge is 0.254 e. The Morgan fingerprint density at radius 3 is 2.31 bits per heavy atom. The van der Waals surface area contributed by atoms with Crippen LogP contribution in [0.5, 0.6) is 0 Å². The third-order valence-electron chi connectivity index (χ3n) is 4.87. The lowest BCUT2D eigenvalue weighted by Gasteiger charge is -2.49. The molecule has 1 fully saturated rings. The van der Waals surface area contributed by atoms with Crippen molar-refractivity contribution >= 4 is 17.2 Å². The van der Waals surface area contributed by atoms with Gasteiger partial charge in [0.25, 0.3) is 5.91 Å². The molecule has 1 saturated heterocycles. The quantitative estimate of drug-likeness (QED) is 0.831. The van der Waals surface area contributed by atoms with Crippen molar-refractivity contribution in [3.05, 3.63) is 58.0 Å². The van der Waals surface area contributed by atoms with Crippen molar-refractivity contribution in [1.82, 2.24) is 10.2 Å². The zero-order valence-electron chi connectivity index (χ0n) is 15.9. The summed E-state index contributed by atoms with van der Waals surface area (Å²) in [5.41, 5.74) is 0.434. The first-order valence-corrected chi connectivity index (χ1v) is 9.91. The van der Waals surface area contributed by atoms with Crippen LogP contribution in [0.25, 0.3) is 0 Å². The van der Waals surface area contributed by atoms with E-state index in [1.165, 1.54) is 12.1 Å². The van der Waals surface area contributed by atoms with Crippen LogP contribution in [0.4, 0.5) is 4.39 Å². The predicted molar refractivity (Wildman–Crippen MR) is 105 cm³/mol. The van der Waals surface area contributed by atoms with Gasteiger partial charge < -0.3 is 10.2 Å². The summed E-state index contributed by atoms with van der Waals surface area (Å²) in [7, 11) is 0. The van der Waals surface area contributed by atoms with Gasteiger partial charge in [0.15, 0.2) is 0 Å². The molecule has 0 aliphatic carbocycles. The number of nitrogens with one attached hydrogen (secondary N) is 1. The molecule has 0 atom stereocenters. The SMILES string of the molecule is CC1(C)CC(N(Cc2cccs2)C(=O)c2ccc(F)cc2)CC(C)(C)N1. The molecule has 0 spiro atoms. The van der Waals surface area contributed by atoms with E-state index in [1.807, 2.05) is 16.3 Å². The van der Waals surface area contributed by atoms with Gasteiger partial charge in [-0.15, -0.1) is 11.3 Å². The van der Waals surface area contributed by atoms with E-state index >= 15 is 0 Å². The van der Waals surface area contributed by atoms with Crippen LogP contribution >= 0.6 is 11.3 Å². The number of nitrogens with zero attached hydrogens (tertiary/aromatic N) is 1. The van der Waals surface area contributed by atoms with E-state index in [4.69, 9.17) is 0 Å². The lowest BCUT2D eigenvalue weighted by molar-refractivity contribution is 0.0422. The van der Waals surface area contributed by atoms with Crippen molar-refractivity contribution in [1.29, 1.82) is 0 Å². The fourth-order valence-corrected chi connectivity index (χ4v) is 4.89. The van der Waals surface area contributed by atoms with E-state index in [9.17, 15) is 9.18 Å². The summed E-state index contributed by atoms with van der Waals surface area (Å²) in [4.78, 5) is 16.4. The molecule has 26 heavy (non-hydrogen) atoms. The zero-order chi connectivity index (χ0) is 18.9. The van der Waals surface area contributed by atoms with E-state index in [1.54, 1.807) is 23.5 Å². The Morgan fingerprint density at radius 2 is 1.77 bits per heavy atom. The average Bonchev–Trinajstić information content (AvgIpc) is 3.03. The topological polar surface area (TPSA) is 32.3 Å². The van der Waals surface area contributed by atoms with Gasteiger partial charge in [0.1, 0.15) is 5.82 Å². The second-order valence-corrected chi connectivity index (χ2v) is 9.51. The third-order valence-corrected chi connectivity index (χ3v) is 5.73. The largest absolute Gasteiger partial charge is 0.330 e. The molecule has 2 aromatic rings. The van der Waals surface area contributed by atoms with Crippen molar-refractivity contribution in [2.75, 3.05) is 0 Å². The van der Waals surface area contributed by atoms with Crippen LogP contribution in [0.3, 0.4) is 0 Å². The van der Waals surface area contributed by atoms with Gasteiger partial charge in [-0.25, -0.2) is 4.39 Å². The molecule has 140 valence electrons. The summed E-state index contributed by atoms with van der Waals surface area (Å²) in [5.74, 6) is -0.354. The van der Waals surface area contributed by atoms with E-state index in [0.29, 0.717) is 12.1 Å². The number of amides is 1. The highest BCUT2D eigenvalue weighted by Gasteiger charge is 2.41. The van der Waals surface area contributed by atoms with Gasteiger partial charge in [-0.3, -0.25) is 4.79 Å². The molecular formula is C21H27FN2OS. The van der Waals surface area contributed by atoms with Gasteiger partial charge >= 0.3 is 0 Å². The Morgan fingerprint density at radius 1 is 1.15 bits per heavy atom. The number of hydrogen-bond donors (Lipinski definition) is 1. The van der Waals surface area contributed by atoms with E-state index in [0.717, 1.165) is 17.7 Å². The summed E-state index contributed by atoms with van der Waals surface area (Å²) in [5, 5.41) is 5.71. The Hall–Kier alpha value is -1.72. The lowest BCUT2D eigenvalue weighted by atomic mass is 9.79. The minimum atomic E-state index is -0.324. The fourth-order valence-electron chi connectivity index (χ4n) is 4.18. The molecule has 1 amide bonds. The first-order chi connectivity index (χ1) is 12.2. The third kappa shape index (κ3) is 4.51. The second-order valence-electron chi connectivity index (χ2n) is 8.47. The number of hydrogen-bond acceptors (Lipinski definition) is 3. The molecular weight excluding hydrogens is 347 g/mol. The predicted octanol–water partition coefficient (Wildman–Crippen LogP) is 4.84. The molecule has 2 heterocycles. The van der Waals surface area contributed by atoms with Gasteiger partial charge in [-0.2, -0.15) is 0 Å². The Balaban J connectivity index is 1.92. The highest BCUT2D eigenvalue weighted by atomic mass is 32.1. The first kappa shape index (κ1) is 19.1. The molecule has 1 aliphatic heterocycles. The molecule has 5 heteroatoms. The minimum Gasteiger partial charge on any atom is -0.330 e. The van der Waals surface area contributed by atoms with Crippen LogP contribution in [0.2, 0.25) is 0 Å². The van der Waals surface area contributed by atoms with Gasteiger partial charge in [-0.1, -0.05) is 6.07 Å². The summed E-state index contributed by atoms with van der Waals surface area (Å²) in [6.07, 6.45) is 1.77. The number of carbonyl (C=O) groups is 1. The van der Waals surface area contributed by atoms with Crippen LogP contribution < -0.4 is 5.32 Å². The Labute approximate surface area is 159 Å². The molecule has 3 nitrogen and oxygen atoms in total. The molecule has 0 unspecified atom stereocenters. The highest BCUT2D eigenvalue weighted by Crippen LogP contribution is 2.33. The van der Waals surface area contributed by atoms with E-state index in [-0.39, 0.29) is 28.8 Å². The highest BCUT2D eigenvalue weighted by molar-refractivity contribution is 7.09. The fraction of sp³-hybridized carbons (Fsp3) is 0.476. The molecule has 1 aromatic heterocycles. The molecule has 3 rings (SSSR count). The van der Waals surface area contributed by atoms with Gasteiger partial charge in [0.05, 0.1) is 6.54 Å². The van der Waals surface area contributed by atoms with Crippen molar-refractivity contribution < 1.29 is 9.18 Å². The maximum atomic E-state index is 13.3. The normalized spacial score (nSPS) is 19.3. The number of rotatable bonds is 4. The van der Waals surface area contributed by atoms with Crippen LogP contribution in [-0.4, -0.2) is 27.9 Å². The van der Waals surface area contributed by atoms with Crippen LogP contribution in [0, 0.1) is 5.82 Å². The van der Waals surface area contributed by atoms with Gasteiger partial charge in [0.2, 0.25) is 0 Å². The molecule has 1 aliphatic rings. The summed E-state index contributed by atoms with van der Waals surface area (Å²) in [6.45, 7) is 9.34. The zero-order valence-corrected chi connectivity index (χ0v) is 16.7. The first-order valence-electron chi connectivity index (χ1n) is 9.03. The number of carbonyl (C=O) groups excluding carboxylic acids is 1. The van der Waals surface area contributed by atoms with Crippen molar-refractivity contribution in [3.8, 4) is 0 Å². The van der Waals surface area contributed by atoms with E-state index in [2.05, 4.69) is 39.1 Å². The number of thiophene rings is 1. The minimum absolute atomic E-state index is 0.0306. The van der Waals surface area contributed by atoms with Crippen molar-refractivity contribution in [2.24, 2.45) is 0 Å². The number of halogens is 1. The second kappa shape index (κ2) is 7.12. The Bertz CT molecular complexity index is 737. The van der Waals surface area contributed by atoms with Gasteiger partial charge in [0, 0.05) is 27.6 Å². The summed E-state index contributed by atoms with van der Waals surface area (Å²) >= 11 is 1.66. The summed E-state index contributed by atoms with van der Waals surface area (Å²) in [6, 6.07) is 10.1. The van der Waals surface area contributed by atoms with Crippen LogP contribution in [-0.2, 0) is 6.54 Å². The Kier molecular flexibility index (Phi) is 5.22. The molecule has 0 radical (unpaired) electrons. The monoisotopic (exact) mass is 374 g/mol. The molecule has 0 saturated carbocycles. The van der Waals surface area contributed by atoms with E-state index < -0.39 is 0 Å². The maximum absolute atomic E-state index is 13.3. The van der Waals surface area contributed by atoms with Crippen LogP contribution in [0.1, 0.15) is 55.8 Å². The molecule has 1 N–H and O–H groups in total. The summed E-state index contributed by atoms with van der Waals surface area (Å²) < 4.78 is 13.3. The molecule has 0 bridgehead atoms. The maximum Gasteiger partial charge on any atom is 0.254 e. The van der Waals surface area contributed by atoms with Crippen molar-refractivity contribution in [3.63, 3.8) is 0 Å². The van der Waals surface area contributed by atoms with Gasteiger partial charge in [-0.05, 0) is 76.2 Å². The van der Waals surface area contributed by atoms with Crippen LogP contribution in [0.15, 0.2) is 41.8 Å². The molecule has 1 aromatic carbocycles. The standard InChI is InChI=1S/C21H27FN2OS/c1-20(2)12-17(13-21(3,4)23-20)24(14-18-6-5-11-26-18)19(25)15-7-9-16(22)10-8-15/h5-11,17,23H,12-14H2,1-4H3. The average molecular weight is 375 g/mol.